The van der Waals surface area contributed by atoms with Gasteiger partial charge in [-0.3, -0.25) is 14.6 Å². The molecule has 0 amide bonds. The average molecular weight is 310 g/mol. The Balaban J connectivity index is 1.47. The molecule has 0 radical (unpaired) electrons. The van der Waals surface area contributed by atoms with E-state index in [1.807, 2.05) is 30.5 Å². The van der Waals surface area contributed by atoms with E-state index in [0.29, 0.717) is 6.61 Å². The van der Waals surface area contributed by atoms with Crippen LogP contribution >= 0.6 is 0 Å². The fraction of sp³-hybridized carbons (Fsp3) is 0.294. The number of hydrogen-bond donors (Lipinski definition) is 0. The first kappa shape index (κ1) is 14.0. The van der Waals surface area contributed by atoms with Crippen LogP contribution in [0.3, 0.4) is 0 Å². The number of pyridine rings is 1. The molecule has 0 aliphatic carbocycles. The fourth-order valence-electron chi connectivity index (χ4n) is 2.96. The van der Waals surface area contributed by atoms with Gasteiger partial charge in [-0.2, -0.15) is 5.10 Å². The van der Waals surface area contributed by atoms with Crippen molar-refractivity contribution >= 4 is 0 Å². The quantitative estimate of drug-likeness (QED) is 0.725. The van der Waals surface area contributed by atoms with Crippen LogP contribution in [0.4, 0.5) is 0 Å². The molecular weight excluding hydrogens is 292 g/mol. The number of rotatable bonds is 5. The lowest BCUT2D eigenvalue weighted by Gasteiger charge is -2.33. The summed E-state index contributed by atoms with van der Waals surface area (Å²) < 4.78 is 13.4. The van der Waals surface area contributed by atoms with Gasteiger partial charge < -0.3 is 9.15 Å². The number of nitrogens with zero attached hydrogens (tertiary/aromatic N) is 4. The molecule has 0 saturated heterocycles. The Bertz CT molecular complexity index is 739. The topological polar surface area (TPSA) is 56.3 Å². The number of hydrogen-bond acceptors (Lipinski definition) is 5. The van der Waals surface area contributed by atoms with Gasteiger partial charge in [-0.25, -0.2) is 0 Å². The van der Waals surface area contributed by atoms with Crippen LogP contribution in [-0.4, -0.2) is 32.8 Å². The Morgan fingerprint density at radius 3 is 3.04 bits per heavy atom. The molecule has 4 heterocycles. The third kappa shape index (κ3) is 3.12. The van der Waals surface area contributed by atoms with E-state index in [2.05, 4.69) is 25.7 Å². The molecule has 6 heteroatoms. The van der Waals surface area contributed by atoms with Crippen LogP contribution in [0.15, 0.2) is 59.6 Å². The van der Waals surface area contributed by atoms with E-state index in [9.17, 15) is 0 Å². The molecule has 0 fully saturated rings. The number of fused-ring (bicyclic) bond motifs is 1. The lowest BCUT2D eigenvalue weighted by atomic mass is 10.2. The first-order valence-electron chi connectivity index (χ1n) is 7.68. The van der Waals surface area contributed by atoms with Gasteiger partial charge in [-0.1, -0.05) is 0 Å². The molecular formula is C17H18N4O2. The second-order valence-corrected chi connectivity index (χ2v) is 5.67. The van der Waals surface area contributed by atoms with Gasteiger partial charge in [0.2, 0.25) is 0 Å². The Morgan fingerprint density at radius 2 is 2.22 bits per heavy atom. The van der Waals surface area contributed by atoms with E-state index in [4.69, 9.17) is 9.15 Å². The second kappa shape index (κ2) is 6.26. The maximum Gasteiger partial charge on any atom is 0.137 e. The highest BCUT2D eigenvalue weighted by Gasteiger charge is 2.26. The highest BCUT2D eigenvalue weighted by molar-refractivity contribution is 5.15. The summed E-state index contributed by atoms with van der Waals surface area (Å²) in [7, 11) is 0. The van der Waals surface area contributed by atoms with Crippen molar-refractivity contribution < 1.29 is 9.15 Å². The van der Waals surface area contributed by atoms with Crippen molar-refractivity contribution in [2.24, 2.45) is 0 Å². The lowest BCUT2D eigenvalue weighted by Crippen LogP contribution is -2.39. The van der Waals surface area contributed by atoms with Gasteiger partial charge in [-0.05, 0) is 30.3 Å². The minimum absolute atomic E-state index is 0.170. The molecule has 4 rings (SSSR count). The number of ether oxygens (including phenoxy) is 1. The molecule has 0 spiro atoms. The molecule has 6 nitrogen and oxygen atoms in total. The standard InChI is InChI=1S/C17H18N4O2/c1-3-16(9-18-6-1)23-13-15-11-20(12-17-4-2-8-22-17)10-14-5-7-19-21(14)15/h1-9,15H,10-13H2/t15-/m0/s1. The first-order valence-corrected chi connectivity index (χ1v) is 7.68. The predicted molar refractivity (Wildman–Crippen MR) is 83.8 cm³/mol. The molecule has 23 heavy (non-hydrogen) atoms. The van der Waals surface area contributed by atoms with Gasteiger partial charge in [0.25, 0.3) is 0 Å². The normalized spacial score (nSPS) is 17.8. The van der Waals surface area contributed by atoms with Crippen LogP contribution in [0.1, 0.15) is 17.5 Å². The molecule has 118 valence electrons. The van der Waals surface area contributed by atoms with Gasteiger partial charge in [0, 0.05) is 25.5 Å². The Labute approximate surface area is 134 Å². The van der Waals surface area contributed by atoms with Crippen molar-refractivity contribution in [1.29, 1.82) is 0 Å². The van der Waals surface area contributed by atoms with Crippen molar-refractivity contribution in [1.82, 2.24) is 19.7 Å². The summed E-state index contributed by atoms with van der Waals surface area (Å²) >= 11 is 0. The summed E-state index contributed by atoms with van der Waals surface area (Å²) in [4.78, 5) is 6.43. The maximum atomic E-state index is 5.88. The van der Waals surface area contributed by atoms with Crippen molar-refractivity contribution in [3.05, 3.63) is 66.6 Å². The molecule has 0 aromatic carbocycles. The summed E-state index contributed by atoms with van der Waals surface area (Å²) in [5.41, 5.74) is 1.20. The Kier molecular flexibility index (Phi) is 3.81. The minimum atomic E-state index is 0.170. The van der Waals surface area contributed by atoms with Crippen molar-refractivity contribution in [3.8, 4) is 5.75 Å². The van der Waals surface area contributed by atoms with Crippen LogP contribution in [0.25, 0.3) is 0 Å². The number of furan rings is 1. The van der Waals surface area contributed by atoms with Gasteiger partial charge >= 0.3 is 0 Å². The summed E-state index contributed by atoms with van der Waals surface area (Å²) in [6, 6.07) is 9.95. The molecule has 1 aliphatic heterocycles. The lowest BCUT2D eigenvalue weighted by molar-refractivity contribution is 0.121. The molecule has 3 aromatic heterocycles. The number of aromatic nitrogens is 3. The SMILES string of the molecule is c1cncc(OC[C@@H]2CN(Cc3ccco3)Cc3ccnn32)c1. The molecule has 0 bridgehead atoms. The first-order chi connectivity index (χ1) is 11.4. The zero-order chi connectivity index (χ0) is 15.5. The van der Waals surface area contributed by atoms with E-state index in [1.54, 1.807) is 18.7 Å². The fourth-order valence-corrected chi connectivity index (χ4v) is 2.96. The Hall–Kier alpha value is -2.60. The van der Waals surface area contributed by atoms with Crippen LogP contribution in [-0.2, 0) is 13.1 Å². The van der Waals surface area contributed by atoms with E-state index in [0.717, 1.165) is 31.1 Å². The zero-order valence-corrected chi connectivity index (χ0v) is 12.7. The predicted octanol–water partition coefficient (Wildman–Crippen LogP) is 2.51. The molecule has 0 N–H and O–H groups in total. The third-order valence-electron chi connectivity index (χ3n) is 3.99. The summed E-state index contributed by atoms with van der Waals surface area (Å²) in [6.45, 7) is 3.09. The summed E-state index contributed by atoms with van der Waals surface area (Å²) in [5.74, 6) is 1.76. The second-order valence-electron chi connectivity index (χ2n) is 5.67. The summed E-state index contributed by atoms with van der Waals surface area (Å²) in [6.07, 6.45) is 7.03. The zero-order valence-electron chi connectivity index (χ0n) is 12.7. The summed E-state index contributed by atoms with van der Waals surface area (Å²) in [5, 5.41) is 4.45. The average Bonchev–Trinajstić information content (AvgIpc) is 3.25. The Morgan fingerprint density at radius 1 is 1.22 bits per heavy atom. The third-order valence-corrected chi connectivity index (χ3v) is 3.99. The van der Waals surface area contributed by atoms with Crippen LogP contribution < -0.4 is 4.74 Å². The van der Waals surface area contributed by atoms with Crippen molar-refractivity contribution in [2.45, 2.75) is 19.1 Å². The van der Waals surface area contributed by atoms with Gasteiger partial charge in [-0.15, -0.1) is 0 Å². The molecule has 0 saturated carbocycles. The van der Waals surface area contributed by atoms with Gasteiger partial charge in [0.15, 0.2) is 0 Å². The highest BCUT2D eigenvalue weighted by atomic mass is 16.5. The molecule has 1 atom stereocenters. The van der Waals surface area contributed by atoms with E-state index >= 15 is 0 Å². The van der Waals surface area contributed by atoms with E-state index < -0.39 is 0 Å². The molecule has 0 unspecified atom stereocenters. The van der Waals surface area contributed by atoms with Crippen molar-refractivity contribution in [3.63, 3.8) is 0 Å². The van der Waals surface area contributed by atoms with Crippen LogP contribution in [0.5, 0.6) is 5.75 Å². The highest BCUT2D eigenvalue weighted by Crippen LogP contribution is 2.23. The maximum absolute atomic E-state index is 5.88. The molecule has 3 aromatic rings. The minimum Gasteiger partial charge on any atom is -0.490 e. The monoisotopic (exact) mass is 310 g/mol. The van der Waals surface area contributed by atoms with E-state index in [1.165, 1.54) is 5.69 Å². The van der Waals surface area contributed by atoms with Gasteiger partial charge in [0.1, 0.15) is 18.1 Å². The van der Waals surface area contributed by atoms with Gasteiger partial charge in [0.05, 0.1) is 30.7 Å². The smallest absolute Gasteiger partial charge is 0.137 e. The van der Waals surface area contributed by atoms with Crippen molar-refractivity contribution in [2.75, 3.05) is 13.2 Å². The van der Waals surface area contributed by atoms with Crippen LogP contribution in [0, 0.1) is 0 Å². The van der Waals surface area contributed by atoms with E-state index in [-0.39, 0.29) is 6.04 Å². The van der Waals surface area contributed by atoms with Crippen LogP contribution in [0.2, 0.25) is 0 Å². The molecule has 1 aliphatic rings. The largest absolute Gasteiger partial charge is 0.490 e.